The lowest BCUT2D eigenvalue weighted by molar-refractivity contribution is 0.760. The van der Waals surface area contributed by atoms with Crippen LogP contribution in [0.4, 0.5) is 0 Å². The minimum Gasteiger partial charge on any atom is -0.0848 e. The Morgan fingerprint density at radius 2 is 1.40 bits per heavy atom. The molecule has 0 atom stereocenters. The van der Waals surface area contributed by atoms with E-state index in [-0.39, 0.29) is 0 Å². The highest BCUT2D eigenvalue weighted by molar-refractivity contribution is 5.15. The minimum absolute atomic E-state index is 1.05. The first-order valence-corrected chi connectivity index (χ1v) is 5.86. The molecule has 0 fully saturated rings. The van der Waals surface area contributed by atoms with Crippen molar-refractivity contribution in [3.63, 3.8) is 0 Å². The predicted molar refractivity (Wildman–Crippen MR) is 70.7 cm³/mol. The maximum Gasteiger partial charge on any atom is -0.0348 e. The van der Waals surface area contributed by atoms with Crippen LogP contribution in [0.25, 0.3) is 0 Å². The van der Waals surface area contributed by atoms with E-state index in [0.717, 1.165) is 12.8 Å². The fourth-order valence-electron chi connectivity index (χ4n) is 1.09. The molecule has 0 aliphatic heterocycles. The van der Waals surface area contributed by atoms with E-state index in [1.165, 1.54) is 19.3 Å². The summed E-state index contributed by atoms with van der Waals surface area (Å²) in [4.78, 5) is 0. The lowest BCUT2D eigenvalue weighted by Crippen LogP contribution is -1.69. The van der Waals surface area contributed by atoms with Gasteiger partial charge in [-0.25, -0.2) is 0 Å². The van der Waals surface area contributed by atoms with Gasteiger partial charge in [-0.05, 0) is 19.3 Å². The summed E-state index contributed by atoms with van der Waals surface area (Å²) in [6, 6.07) is 0. The van der Waals surface area contributed by atoms with Crippen molar-refractivity contribution < 1.29 is 0 Å². The van der Waals surface area contributed by atoms with Gasteiger partial charge in [0.05, 0.1) is 0 Å². The quantitative estimate of drug-likeness (QED) is 0.384. The topological polar surface area (TPSA) is 0 Å². The van der Waals surface area contributed by atoms with Crippen molar-refractivity contribution in [2.75, 3.05) is 0 Å². The molecule has 0 saturated heterocycles. The van der Waals surface area contributed by atoms with E-state index >= 15 is 0 Å². The Hall–Kier alpha value is -1.04. The number of hydrogen-bond acceptors (Lipinski definition) is 0. The Bertz CT molecular complexity index is 216. The Labute approximate surface area is 95.1 Å². The average Bonchev–Trinajstić information content (AvgIpc) is 2.26. The van der Waals surface area contributed by atoms with Gasteiger partial charge in [-0.3, -0.25) is 0 Å². The van der Waals surface area contributed by atoms with Crippen LogP contribution in [0, 0.1) is 6.92 Å². The van der Waals surface area contributed by atoms with Crippen molar-refractivity contribution in [2.24, 2.45) is 0 Å². The van der Waals surface area contributed by atoms with Gasteiger partial charge in [0.2, 0.25) is 0 Å². The van der Waals surface area contributed by atoms with Crippen molar-refractivity contribution in [2.45, 2.75) is 39.0 Å². The molecule has 15 heavy (non-hydrogen) atoms. The van der Waals surface area contributed by atoms with E-state index in [2.05, 4.69) is 56.4 Å². The van der Waals surface area contributed by atoms with E-state index < -0.39 is 0 Å². The first-order chi connectivity index (χ1) is 7.41. The molecular formula is C15H23. The van der Waals surface area contributed by atoms with Crippen LogP contribution >= 0.6 is 0 Å². The normalized spacial score (nSPS) is 12.9. The second-order valence-electron chi connectivity index (χ2n) is 3.38. The molecule has 1 radical (unpaired) electrons. The van der Waals surface area contributed by atoms with Gasteiger partial charge in [0, 0.05) is 0 Å². The van der Waals surface area contributed by atoms with Gasteiger partial charge in [-0.15, -0.1) is 0 Å². The third kappa shape index (κ3) is 13.0. The second-order valence-corrected chi connectivity index (χ2v) is 3.38. The van der Waals surface area contributed by atoms with Crippen LogP contribution in [0.5, 0.6) is 0 Å². The van der Waals surface area contributed by atoms with Crippen molar-refractivity contribution in [3.05, 3.63) is 55.5 Å². The summed E-state index contributed by atoms with van der Waals surface area (Å²) in [7, 11) is 0. The highest BCUT2D eigenvalue weighted by Gasteiger charge is 1.79. The molecule has 0 aromatic carbocycles. The maximum absolute atomic E-state index is 3.81. The molecular weight excluding hydrogens is 180 g/mol. The van der Waals surface area contributed by atoms with Crippen molar-refractivity contribution in [1.82, 2.24) is 0 Å². The standard InChI is InChI=1S/C15H23/c1-3-5-7-9-11-13-15-14-12-10-8-6-4-2/h6,8,10-15H,1,3-5,7,9H2,2H3/b8-6+,12-10+,13-11+,15-14+. The number of unbranched alkanes of at least 4 members (excludes halogenated alkanes) is 3. The van der Waals surface area contributed by atoms with E-state index in [1.807, 2.05) is 6.08 Å². The summed E-state index contributed by atoms with van der Waals surface area (Å²) < 4.78 is 0. The first kappa shape index (κ1) is 14.0. The lowest BCUT2D eigenvalue weighted by atomic mass is 10.2. The Morgan fingerprint density at radius 3 is 2.00 bits per heavy atom. The molecule has 0 aliphatic carbocycles. The van der Waals surface area contributed by atoms with Crippen LogP contribution in [-0.4, -0.2) is 0 Å². The van der Waals surface area contributed by atoms with Crippen molar-refractivity contribution in [1.29, 1.82) is 0 Å². The summed E-state index contributed by atoms with van der Waals surface area (Å²) in [5.41, 5.74) is 0. The summed E-state index contributed by atoms with van der Waals surface area (Å²) in [5.74, 6) is 0. The molecule has 0 unspecified atom stereocenters. The number of hydrogen-bond donors (Lipinski definition) is 0. The average molecular weight is 203 g/mol. The molecule has 0 N–H and O–H groups in total. The Morgan fingerprint density at radius 1 is 0.800 bits per heavy atom. The van der Waals surface area contributed by atoms with Gasteiger partial charge in [0.1, 0.15) is 0 Å². The van der Waals surface area contributed by atoms with E-state index in [1.54, 1.807) is 0 Å². The van der Waals surface area contributed by atoms with Gasteiger partial charge in [-0.1, -0.05) is 75.3 Å². The molecule has 0 aromatic rings. The lowest BCUT2D eigenvalue weighted by Gasteiger charge is -1.89. The van der Waals surface area contributed by atoms with Crippen LogP contribution in [-0.2, 0) is 0 Å². The summed E-state index contributed by atoms with van der Waals surface area (Å²) in [6.45, 7) is 5.95. The molecule has 0 aromatic heterocycles. The molecule has 0 amide bonds. The van der Waals surface area contributed by atoms with Gasteiger partial charge >= 0.3 is 0 Å². The summed E-state index contributed by atoms with van der Waals surface area (Å²) in [6.07, 6.45) is 22.6. The smallest absolute Gasteiger partial charge is 0.0348 e. The molecule has 0 bridgehead atoms. The third-order valence-electron chi connectivity index (χ3n) is 1.93. The fourth-order valence-corrected chi connectivity index (χ4v) is 1.09. The molecule has 0 heteroatoms. The largest absolute Gasteiger partial charge is 0.0848 e. The number of allylic oxidation sites excluding steroid dienone is 8. The van der Waals surface area contributed by atoms with E-state index in [0.29, 0.717) is 0 Å². The zero-order valence-electron chi connectivity index (χ0n) is 9.86. The van der Waals surface area contributed by atoms with Gasteiger partial charge in [0.25, 0.3) is 0 Å². The molecule has 0 saturated carbocycles. The zero-order chi connectivity index (χ0) is 11.2. The van der Waals surface area contributed by atoms with Gasteiger partial charge in [0.15, 0.2) is 0 Å². The van der Waals surface area contributed by atoms with Crippen LogP contribution in [0.3, 0.4) is 0 Å². The van der Waals surface area contributed by atoms with Gasteiger partial charge < -0.3 is 0 Å². The van der Waals surface area contributed by atoms with Crippen LogP contribution in [0.15, 0.2) is 48.6 Å². The van der Waals surface area contributed by atoms with Crippen molar-refractivity contribution >= 4 is 0 Å². The number of rotatable bonds is 8. The SMILES string of the molecule is [CH2]CCCC/C=C/C=C/C=C/C=C/CC. The summed E-state index contributed by atoms with van der Waals surface area (Å²) in [5, 5.41) is 0. The fraction of sp³-hybridized carbons (Fsp3) is 0.400. The highest BCUT2D eigenvalue weighted by atomic mass is 13.9. The van der Waals surface area contributed by atoms with Gasteiger partial charge in [-0.2, -0.15) is 0 Å². The zero-order valence-corrected chi connectivity index (χ0v) is 9.86. The molecule has 0 rings (SSSR count). The molecule has 83 valence electrons. The second kappa shape index (κ2) is 13.0. The summed E-state index contributed by atoms with van der Waals surface area (Å²) >= 11 is 0. The third-order valence-corrected chi connectivity index (χ3v) is 1.93. The molecule has 0 spiro atoms. The minimum atomic E-state index is 1.05. The van der Waals surface area contributed by atoms with Crippen LogP contribution in [0.2, 0.25) is 0 Å². The molecule has 0 nitrogen and oxygen atoms in total. The Balaban J connectivity index is 3.44. The monoisotopic (exact) mass is 203 g/mol. The van der Waals surface area contributed by atoms with Crippen LogP contribution in [0.1, 0.15) is 39.0 Å². The van der Waals surface area contributed by atoms with E-state index in [9.17, 15) is 0 Å². The Kier molecular flexibility index (Phi) is 12.1. The highest BCUT2D eigenvalue weighted by Crippen LogP contribution is 1.99. The first-order valence-electron chi connectivity index (χ1n) is 5.86. The molecule has 0 aliphatic rings. The van der Waals surface area contributed by atoms with E-state index in [4.69, 9.17) is 0 Å². The maximum atomic E-state index is 3.81. The molecule has 0 heterocycles. The van der Waals surface area contributed by atoms with Crippen LogP contribution < -0.4 is 0 Å². The predicted octanol–water partition coefficient (Wildman–Crippen LogP) is 5.02. The van der Waals surface area contributed by atoms with Crippen molar-refractivity contribution in [3.8, 4) is 0 Å².